The van der Waals surface area contributed by atoms with Crippen molar-refractivity contribution in [1.29, 1.82) is 0 Å². The Morgan fingerprint density at radius 2 is 1.50 bits per heavy atom. The van der Waals surface area contributed by atoms with E-state index in [4.69, 9.17) is 14.2 Å². The molecule has 0 radical (unpaired) electrons. The van der Waals surface area contributed by atoms with Gasteiger partial charge in [-0.3, -0.25) is 4.79 Å². The number of nitrogens with one attached hydrogen (secondary N) is 1. The monoisotopic (exact) mass is 478 g/mol. The topological polar surface area (TPSA) is 60.0 Å². The molecule has 4 rings (SSSR count). The van der Waals surface area contributed by atoms with E-state index in [9.17, 15) is 4.79 Å². The average Bonchev–Trinajstić information content (AvgIpc) is 2.88. The molecular formula is C27H30N2O4S. The second kappa shape index (κ2) is 11.2. The van der Waals surface area contributed by atoms with E-state index in [1.807, 2.05) is 12.1 Å². The molecule has 0 atom stereocenters. The Hall–Kier alpha value is -3.32. The van der Waals surface area contributed by atoms with Gasteiger partial charge in [-0.05, 0) is 48.7 Å². The van der Waals surface area contributed by atoms with E-state index in [0.29, 0.717) is 36.6 Å². The molecule has 178 valence electrons. The lowest BCUT2D eigenvalue weighted by molar-refractivity contribution is -0.121. The van der Waals surface area contributed by atoms with Crippen LogP contribution in [0.15, 0.2) is 70.5 Å². The van der Waals surface area contributed by atoms with E-state index >= 15 is 0 Å². The summed E-state index contributed by atoms with van der Waals surface area (Å²) in [6.07, 6.45) is 1.77. The van der Waals surface area contributed by atoms with Crippen LogP contribution in [-0.4, -0.2) is 40.3 Å². The van der Waals surface area contributed by atoms with Gasteiger partial charge in [-0.1, -0.05) is 42.1 Å². The molecule has 1 aliphatic heterocycles. The summed E-state index contributed by atoms with van der Waals surface area (Å²) in [5.41, 5.74) is 3.35. The number of nitrogens with zero attached hydrogens (tertiary/aromatic N) is 1. The van der Waals surface area contributed by atoms with Crippen molar-refractivity contribution in [2.24, 2.45) is 0 Å². The number of hydrogen-bond donors (Lipinski definition) is 1. The van der Waals surface area contributed by atoms with E-state index in [-0.39, 0.29) is 5.91 Å². The van der Waals surface area contributed by atoms with Crippen molar-refractivity contribution < 1.29 is 19.0 Å². The zero-order valence-corrected chi connectivity index (χ0v) is 20.6. The van der Waals surface area contributed by atoms with E-state index in [0.717, 1.165) is 18.5 Å². The lowest BCUT2D eigenvalue weighted by Crippen LogP contribution is -2.29. The van der Waals surface area contributed by atoms with Gasteiger partial charge in [0.1, 0.15) is 0 Å². The van der Waals surface area contributed by atoms with Gasteiger partial charge in [0.15, 0.2) is 11.5 Å². The van der Waals surface area contributed by atoms with Gasteiger partial charge in [-0.2, -0.15) is 0 Å². The van der Waals surface area contributed by atoms with Gasteiger partial charge in [-0.15, -0.1) is 0 Å². The molecule has 1 aliphatic rings. The molecule has 0 bridgehead atoms. The highest BCUT2D eigenvalue weighted by molar-refractivity contribution is 7.99. The summed E-state index contributed by atoms with van der Waals surface area (Å²) in [4.78, 5) is 17.4. The van der Waals surface area contributed by atoms with E-state index in [1.165, 1.54) is 21.2 Å². The average molecular weight is 479 g/mol. The number of hydrogen-bond acceptors (Lipinski definition) is 6. The lowest BCUT2D eigenvalue weighted by Gasteiger charge is -2.32. The van der Waals surface area contributed by atoms with Crippen LogP contribution in [-0.2, 0) is 11.2 Å². The number of carbonyl (C=O) groups is 1. The van der Waals surface area contributed by atoms with Crippen LogP contribution in [0.25, 0.3) is 0 Å². The minimum absolute atomic E-state index is 0.0202. The summed E-state index contributed by atoms with van der Waals surface area (Å²) in [5.74, 6) is 1.77. The Bertz CT molecular complexity index is 1110. The van der Waals surface area contributed by atoms with Gasteiger partial charge >= 0.3 is 0 Å². The first-order valence-electron chi connectivity index (χ1n) is 11.3. The number of ether oxygens (including phenoxy) is 3. The maximum absolute atomic E-state index is 12.5. The number of para-hydroxylation sites is 2. The summed E-state index contributed by atoms with van der Waals surface area (Å²) in [6, 6.07) is 20.7. The molecule has 6 nitrogen and oxygen atoms in total. The quantitative estimate of drug-likeness (QED) is 0.391. The van der Waals surface area contributed by atoms with Gasteiger partial charge in [0.2, 0.25) is 11.7 Å². The normalized spacial score (nSPS) is 11.9. The van der Waals surface area contributed by atoms with Crippen LogP contribution in [0, 0.1) is 0 Å². The minimum Gasteiger partial charge on any atom is -0.493 e. The van der Waals surface area contributed by atoms with Crippen LogP contribution < -0.4 is 24.4 Å². The first-order chi connectivity index (χ1) is 16.7. The van der Waals surface area contributed by atoms with Crippen LogP contribution in [0.1, 0.15) is 18.4 Å². The van der Waals surface area contributed by atoms with Gasteiger partial charge < -0.3 is 24.4 Å². The van der Waals surface area contributed by atoms with Crippen LogP contribution in [0.4, 0.5) is 11.4 Å². The summed E-state index contributed by atoms with van der Waals surface area (Å²) >= 11 is 1.80. The van der Waals surface area contributed by atoms with Gasteiger partial charge in [0, 0.05) is 29.3 Å². The van der Waals surface area contributed by atoms with Crippen LogP contribution >= 0.6 is 11.8 Å². The molecule has 0 aliphatic carbocycles. The molecule has 1 N–H and O–H groups in total. The standard InChI is InChI=1S/C27H30N2O4S/c1-31-22-15-13-19(26(32-2)27(22)33-3)14-16-25(30)28-17-8-18-29-20-9-4-6-11-23(20)34-24-12-7-5-10-21(24)29/h4-7,9-13,15H,8,14,16-18H2,1-3H3,(H,28,30). The molecule has 1 heterocycles. The minimum atomic E-state index is 0.0202. The predicted octanol–water partition coefficient (Wildman–Crippen LogP) is 5.45. The van der Waals surface area contributed by atoms with Gasteiger partial charge in [-0.25, -0.2) is 0 Å². The van der Waals surface area contributed by atoms with E-state index in [1.54, 1.807) is 33.1 Å². The summed E-state index contributed by atoms with van der Waals surface area (Å²) in [7, 11) is 4.76. The maximum atomic E-state index is 12.5. The largest absolute Gasteiger partial charge is 0.493 e. The fraction of sp³-hybridized carbons (Fsp3) is 0.296. The number of anilines is 2. The zero-order valence-electron chi connectivity index (χ0n) is 19.8. The number of aryl methyl sites for hydroxylation is 1. The highest BCUT2D eigenvalue weighted by Crippen LogP contribution is 2.47. The first-order valence-corrected chi connectivity index (χ1v) is 12.2. The Labute approximate surface area is 205 Å². The molecule has 34 heavy (non-hydrogen) atoms. The summed E-state index contributed by atoms with van der Waals surface area (Å²) in [6.45, 7) is 1.45. The first kappa shape index (κ1) is 23.8. The molecule has 0 saturated carbocycles. The van der Waals surface area contributed by atoms with Crippen molar-refractivity contribution in [2.75, 3.05) is 39.3 Å². The summed E-state index contributed by atoms with van der Waals surface area (Å²) < 4.78 is 16.3. The van der Waals surface area contributed by atoms with Crippen molar-refractivity contribution in [3.8, 4) is 17.2 Å². The SMILES string of the molecule is COc1ccc(CCC(=O)NCCCN2c3ccccc3Sc3ccccc32)c(OC)c1OC. The number of methoxy groups -OCH3 is 3. The highest BCUT2D eigenvalue weighted by Gasteiger charge is 2.22. The molecule has 1 amide bonds. The van der Waals surface area contributed by atoms with Crippen LogP contribution in [0.5, 0.6) is 17.2 Å². The molecular weight excluding hydrogens is 448 g/mol. The Balaban J connectivity index is 1.31. The predicted molar refractivity (Wildman–Crippen MR) is 136 cm³/mol. The highest BCUT2D eigenvalue weighted by atomic mass is 32.2. The Kier molecular flexibility index (Phi) is 7.85. The van der Waals surface area contributed by atoms with Crippen LogP contribution in [0.3, 0.4) is 0 Å². The molecule has 0 unspecified atom stereocenters. The van der Waals surface area contributed by atoms with Crippen molar-refractivity contribution in [1.82, 2.24) is 5.32 Å². The molecule has 0 spiro atoms. The Morgan fingerprint density at radius 3 is 2.12 bits per heavy atom. The molecule has 0 fully saturated rings. The third-order valence-corrected chi connectivity index (χ3v) is 6.95. The molecule has 3 aromatic rings. The molecule has 3 aromatic carbocycles. The fourth-order valence-electron chi connectivity index (χ4n) is 4.18. The number of benzene rings is 3. The lowest BCUT2D eigenvalue weighted by atomic mass is 10.1. The fourth-order valence-corrected chi connectivity index (χ4v) is 5.28. The molecule has 0 aromatic heterocycles. The summed E-state index contributed by atoms with van der Waals surface area (Å²) in [5, 5.41) is 3.06. The molecule has 7 heteroatoms. The van der Waals surface area contributed by atoms with E-state index in [2.05, 4.69) is 58.7 Å². The van der Waals surface area contributed by atoms with Crippen molar-refractivity contribution in [3.63, 3.8) is 0 Å². The number of fused-ring (bicyclic) bond motifs is 2. The van der Waals surface area contributed by atoms with Gasteiger partial charge in [0.25, 0.3) is 0 Å². The number of rotatable bonds is 10. The van der Waals surface area contributed by atoms with Crippen molar-refractivity contribution in [2.45, 2.75) is 29.1 Å². The van der Waals surface area contributed by atoms with E-state index < -0.39 is 0 Å². The second-order valence-electron chi connectivity index (χ2n) is 7.89. The third-order valence-electron chi connectivity index (χ3n) is 5.82. The van der Waals surface area contributed by atoms with Crippen molar-refractivity contribution in [3.05, 3.63) is 66.2 Å². The molecule has 0 saturated heterocycles. The zero-order chi connectivity index (χ0) is 23.9. The van der Waals surface area contributed by atoms with Crippen LogP contribution in [0.2, 0.25) is 0 Å². The van der Waals surface area contributed by atoms with Gasteiger partial charge in [0.05, 0.1) is 32.7 Å². The number of carbonyl (C=O) groups excluding carboxylic acids is 1. The maximum Gasteiger partial charge on any atom is 0.220 e. The van der Waals surface area contributed by atoms with Crippen molar-refractivity contribution >= 4 is 29.0 Å². The smallest absolute Gasteiger partial charge is 0.220 e. The Morgan fingerprint density at radius 1 is 0.853 bits per heavy atom. The third kappa shape index (κ3) is 5.09. The second-order valence-corrected chi connectivity index (χ2v) is 8.97. The number of amides is 1.